The fraction of sp³-hybridized carbons (Fsp3) is 0.324. The van der Waals surface area contributed by atoms with Crippen molar-refractivity contribution in [1.29, 1.82) is 0 Å². The number of nitrogens with zero attached hydrogens (tertiary/aromatic N) is 5. The van der Waals surface area contributed by atoms with Crippen molar-refractivity contribution in [3.05, 3.63) is 119 Å². The molecule has 0 aliphatic carbocycles. The maximum Gasteiger partial charge on any atom is 0.253 e. The predicted octanol–water partition coefficient (Wildman–Crippen LogP) is 4.44. The second-order valence-electron chi connectivity index (χ2n) is 10.8. The van der Waals surface area contributed by atoms with Crippen molar-refractivity contribution in [2.24, 2.45) is 0 Å². The van der Waals surface area contributed by atoms with Crippen LogP contribution in [-0.2, 0) is 24.2 Å². The molecular formula is C34H37N5O3. The van der Waals surface area contributed by atoms with Gasteiger partial charge in [-0.15, -0.1) is 0 Å². The Labute approximate surface area is 247 Å². The molecule has 0 radical (unpaired) electrons. The van der Waals surface area contributed by atoms with E-state index in [2.05, 4.69) is 50.1 Å². The van der Waals surface area contributed by atoms with E-state index in [0.29, 0.717) is 44.9 Å². The molecule has 4 heterocycles. The molecule has 2 aromatic heterocycles. The second kappa shape index (κ2) is 13.6. The molecular weight excluding hydrogens is 526 g/mol. The van der Waals surface area contributed by atoms with Crippen LogP contribution >= 0.6 is 0 Å². The van der Waals surface area contributed by atoms with Crippen LogP contribution in [0.25, 0.3) is 0 Å². The Hall–Kier alpha value is -4.27. The Morgan fingerprint density at radius 3 is 2.40 bits per heavy atom. The van der Waals surface area contributed by atoms with Gasteiger partial charge >= 0.3 is 0 Å². The summed E-state index contributed by atoms with van der Waals surface area (Å²) in [5.74, 6) is 1.81. The SMILES string of the molecule is O=C(c1ccc2c(c1)Cc1cccc(c1)CN(Cc1ccccn1)CCOCCO2)N1CCN(c2ccccn2)CC1. The summed E-state index contributed by atoms with van der Waals surface area (Å²) >= 11 is 0. The highest BCUT2D eigenvalue weighted by atomic mass is 16.5. The van der Waals surface area contributed by atoms with Crippen LogP contribution in [0.1, 0.15) is 32.7 Å². The summed E-state index contributed by atoms with van der Waals surface area (Å²) in [5.41, 5.74) is 5.17. The molecule has 2 bridgehead atoms. The van der Waals surface area contributed by atoms with Crippen molar-refractivity contribution in [3.63, 3.8) is 0 Å². The Balaban J connectivity index is 1.18. The van der Waals surface area contributed by atoms with E-state index < -0.39 is 0 Å². The molecule has 2 aliphatic heterocycles. The zero-order chi connectivity index (χ0) is 28.6. The summed E-state index contributed by atoms with van der Waals surface area (Å²) in [6.07, 6.45) is 4.33. The Kier molecular flexibility index (Phi) is 9.02. The number of benzene rings is 2. The quantitative estimate of drug-likeness (QED) is 0.364. The normalized spacial score (nSPS) is 16.7. The van der Waals surface area contributed by atoms with Crippen molar-refractivity contribution in [2.45, 2.75) is 19.5 Å². The molecule has 8 nitrogen and oxygen atoms in total. The van der Waals surface area contributed by atoms with E-state index in [0.717, 1.165) is 55.5 Å². The average Bonchev–Trinajstić information content (AvgIpc) is 3.03. The lowest BCUT2D eigenvalue weighted by Gasteiger charge is -2.35. The topological polar surface area (TPSA) is 71.0 Å². The van der Waals surface area contributed by atoms with Crippen LogP contribution in [-0.4, -0.2) is 78.2 Å². The fourth-order valence-electron chi connectivity index (χ4n) is 5.61. The first-order valence-corrected chi connectivity index (χ1v) is 14.7. The monoisotopic (exact) mass is 563 g/mol. The molecule has 1 fully saturated rings. The van der Waals surface area contributed by atoms with Gasteiger partial charge in [-0.2, -0.15) is 0 Å². The number of hydrogen-bond donors (Lipinski definition) is 0. The van der Waals surface area contributed by atoms with Gasteiger partial charge in [0.15, 0.2) is 0 Å². The van der Waals surface area contributed by atoms with Crippen LogP contribution in [0.15, 0.2) is 91.3 Å². The van der Waals surface area contributed by atoms with Gasteiger partial charge in [-0.3, -0.25) is 14.7 Å². The molecule has 42 heavy (non-hydrogen) atoms. The zero-order valence-corrected chi connectivity index (χ0v) is 23.9. The first kappa shape index (κ1) is 27.9. The number of ether oxygens (including phenoxy) is 2. The van der Waals surface area contributed by atoms with Crippen molar-refractivity contribution >= 4 is 11.7 Å². The van der Waals surface area contributed by atoms with Gasteiger partial charge in [-0.1, -0.05) is 36.4 Å². The van der Waals surface area contributed by atoms with Crippen LogP contribution in [0, 0.1) is 0 Å². The molecule has 2 aliphatic rings. The van der Waals surface area contributed by atoms with Crippen LogP contribution < -0.4 is 9.64 Å². The fourth-order valence-corrected chi connectivity index (χ4v) is 5.61. The number of anilines is 1. The minimum absolute atomic E-state index is 0.0557. The summed E-state index contributed by atoms with van der Waals surface area (Å²) in [7, 11) is 0. The van der Waals surface area contributed by atoms with Crippen molar-refractivity contribution in [3.8, 4) is 5.75 Å². The number of carbonyl (C=O) groups excluding carboxylic acids is 1. The minimum atomic E-state index is 0.0557. The van der Waals surface area contributed by atoms with E-state index in [-0.39, 0.29) is 5.91 Å². The second-order valence-corrected chi connectivity index (χ2v) is 10.8. The lowest BCUT2D eigenvalue weighted by atomic mass is 9.99. The molecule has 0 N–H and O–H groups in total. The molecule has 8 heteroatoms. The van der Waals surface area contributed by atoms with Gasteiger partial charge in [0.05, 0.1) is 18.9 Å². The number of carbonyl (C=O) groups is 1. The van der Waals surface area contributed by atoms with Crippen LogP contribution in [0.3, 0.4) is 0 Å². The highest BCUT2D eigenvalue weighted by Crippen LogP contribution is 2.26. The molecule has 1 saturated heterocycles. The highest BCUT2D eigenvalue weighted by Gasteiger charge is 2.24. The van der Waals surface area contributed by atoms with Gasteiger partial charge in [0.1, 0.15) is 18.2 Å². The van der Waals surface area contributed by atoms with E-state index in [1.165, 1.54) is 11.1 Å². The predicted molar refractivity (Wildman–Crippen MR) is 163 cm³/mol. The number of aromatic nitrogens is 2. The Morgan fingerprint density at radius 1 is 0.762 bits per heavy atom. The molecule has 0 unspecified atom stereocenters. The number of piperazine rings is 1. The molecule has 4 aromatic rings. The van der Waals surface area contributed by atoms with E-state index >= 15 is 0 Å². The summed E-state index contributed by atoms with van der Waals surface area (Å²) in [4.78, 5) is 29.1. The van der Waals surface area contributed by atoms with Crippen molar-refractivity contribution in [2.75, 3.05) is 57.4 Å². The summed E-state index contributed by atoms with van der Waals surface area (Å²) in [6, 6.07) is 26.5. The lowest BCUT2D eigenvalue weighted by Crippen LogP contribution is -2.49. The van der Waals surface area contributed by atoms with Crippen LogP contribution in [0.5, 0.6) is 5.75 Å². The molecule has 0 atom stereocenters. The smallest absolute Gasteiger partial charge is 0.253 e. The molecule has 1 amide bonds. The minimum Gasteiger partial charge on any atom is -0.491 e. The summed E-state index contributed by atoms with van der Waals surface area (Å²) in [6.45, 7) is 6.80. The molecule has 0 spiro atoms. The molecule has 0 saturated carbocycles. The van der Waals surface area contributed by atoms with E-state index in [9.17, 15) is 4.79 Å². The third kappa shape index (κ3) is 7.13. The van der Waals surface area contributed by atoms with Crippen molar-refractivity contribution in [1.82, 2.24) is 19.8 Å². The van der Waals surface area contributed by atoms with Gasteiger partial charge < -0.3 is 19.3 Å². The van der Waals surface area contributed by atoms with Gasteiger partial charge in [0.25, 0.3) is 5.91 Å². The average molecular weight is 564 g/mol. The van der Waals surface area contributed by atoms with Crippen LogP contribution in [0.4, 0.5) is 5.82 Å². The standard InChI is InChI=1S/C34H37N5O3/c40-34(39-16-14-38(15-17-39)33-9-2-4-13-36-33)29-10-11-32-30(24-29)23-27-6-5-7-28(22-27)25-37(18-19-41-20-21-42-32)26-31-8-1-3-12-35-31/h1-13,22,24H,14-21,23,25-26H2. The largest absolute Gasteiger partial charge is 0.491 e. The molecule has 2 aromatic carbocycles. The maximum absolute atomic E-state index is 13.6. The van der Waals surface area contributed by atoms with Gasteiger partial charge in [-0.05, 0) is 59.2 Å². The first-order chi connectivity index (χ1) is 20.7. The van der Waals surface area contributed by atoms with E-state index in [4.69, 9.17) is 9.47 Å². The number of fused-ring (bicyclic) bond motifs is 3. The third-order valence-electron chi connectivity index (χ3n) is 7.79. The highest BCUT2D eigenvalue weighted by molar-refractivity contribution is 5.94. The third-order valence-corrected chi connectivity index (χ3v) is 7.79. The molecule has 216 valence electrons. The van der Waals surface area contributed by atoms with Crippen molar-refractivity contribution < 1.29 is 14.3 Å². The van der Waals surface area contributed by atoms with Gasteiger partial charge in [-0.25, -0.2) is 4.98 Å². The Morgan fingerprint density at radius 2 is 1.60 bits per heavy atom. The summed E-state index contributed by atoms with van der Waals surface area (Å²) in [5, 5.41) is 0. The van der Waals surface area contributed by atoms with Gasteiger partial charge in [0, 0.05) is 70.2 Å². The van der Waals surface area contributed by atoms with Crippen LogP contribution in [0.2, 0.25) is 0 Å². The lowest BCUT2D eigenvalue weighted by molar-refractivity contribution is 0.0741. The molecule has 6 rings (SSSR count). The zero-order valence-electron chi connectivity index (χ0n) is 23.9. The summed E-state index contributed by atoms with van der Waals surface area (Å²) < 4.78 is 12.1. The number of amides is 1. The first-order valence-electron chi connectivity index (χ1n) is 14.7. The number of pyridine rings is 2. The van der Waals surface area contributed by atoms with E-state index in [1.807, 2.05) is 65.8 Å². The number of rotatable bonds is 4. The number of hydrogen-bond acceptors (Lipinski definition) is 7. The van der Waals surface area contributed by atoms with E-state index in [1.54, 1.807) is 0 Å². The Bertz CT molecular complexity index is 1460. The maximum atomic E-state index is 13.6. The van der Waals surface area contributed by atoms with Gasteiger partial charge in [0.2, 0.25) is 0 Å².